The summed E-state index contributed by atoms with van der Waals surface area (Å²) in [6.45, 7) is 7.49. The van der Waals surface area contributed by atoms with E-state index in [0.717, 1.165) is 16.3 Å². The average molecular weight is 292 g/mol. The Morgan fingerprint density at radius 3 is 2.57 bits per heavy atom. The summed E-state index contributed by atoms with van der Waals surface area (Å²) in [6.07, 6.45) is 0.268. The molecule has 0 aromatic carbocycles. The van der Waals surface area contributed by atoms with Gasteiger partial charge in [-0.2, -0.15) is 0 Å². The fourth-order valence-electron chi connectivity index (χ4n) is 2.50. The zero-order valence-corrected chi connectivity index (χ0v) is 12.8. The molecule has 114 valence electrons. The van der Waals surface area contributed by atoms with E-state index in [9.17, 15) is 14.4 Å². The molecular formula is C14H20N4O3. The number of hydrogen-bond donors (Lipinski definition) is 1. The molecule has 2 aliphatic rings. The molecular weight excluding hydrogens is 272 g/mol. The van der Waals surface area contributed by atoms with Gasteiger partial charge in [-0.1, -0.05) is 20.8 Å². The molecule has 3 amide bonds. The van der Waals surface area contributed by atoms with Gasteiger partial charge >= 0.3 is 0 Å². The van der Waals surface area contributed by atoms with Gasteiger partial charge in [0.15, 0.2) is 0 Å². The van der Waals surface area contributed by atoms with Gasteiger partial charge in [-0.3, -0.25) is 29.3 Å². The summed E-state index contributed by atoms with van der Waals surface area (Å²) in [6, 6.07) is -0.750. The Bertz CT molecular complexity index is 557. The molecule has 0 radical (unpaired) electrons. The summed E-state index contributed by atoms with van der Waals surface area (Å²) in [7, 11) is 0. The number of carbonyl (C=O) groups is 3. The van der Waals surface area contributed by atoms with E-state index in [-0.39, 0.29) is 30.2 Å². The Kier molecular flexibility index (Phi) is 3.93. The normalized spacial score (nSPS) is 22.9. The van der Waals surface area contributed by atoms with Crippen LogP contribution in [0.4, 0.5) is 0 Å². The zero-order valence-electron chi connectivity index (χ0n) is 12.8. The third-order valence-corrected chi connectivity index (χ3v) is 3.45. The van der Waals surface area contributed by atoms with Crippen molar-refractivity contribution in [1.29, 1.82) is 0 Å². The van der Waals surface area contributed by atoms with Crippen LogP contribution in [0.25, 0.3) is 0 Å². The Balaban J connectivity index is 2.16. The van der Waals surface area contributed by atoms with Gasteiger partial charge in [0.1, 0.15) is 19.3 Å². The first-order valence-corrected chi connectivity index (χ1v) is 6.90. The standard InChI is InChI=1S/C14H20N4O3/c1-8(19)18-6-11(20)17-10(13(18)21)5-9-12(14(2,3)4)16-7-15-9/h10H,5-7H2,1-4H3,(H,17,20). The van der Waals surface area contributed by atoms with Crippen LogP contribution in [0, 0.1) is 5.41 Å². The lowest BCUT2D eigenvalue weighted by Gasteiger charge is -2.31. The first kappa shape index (κ1) is 15.3. The van der Waals surface area contributed by atoms with Crippen LogP contribution in [0.15, 0.2) is 9.98 Å². The average Bonchev–Trinajstić information content (AvgIpc) is 2.81. The van der Waals surface area contributed by atoms with Crippen molar-refractivity contribution in [1.82, 2.24) is 10.2 Å². The maximum atomic E-state index is 12.3. The Morgan fingerprint density at radius 1 is 1.33 bits per heavy atom. The third-order valence-electron chi connectivity index (χ3n) is 3.45. The maximum Gasteiger partial charge on any atom is 0.252 e. The molecule has 1 fully saturated rings. The Hall–Kier alpha value is -2.05. The lowest BCUT2D eigenvalue weighted by molar-refractivity contribution is -0.152. The number of hydrogen-bond acceptors (Lipinski definition) is 5. The number of nitrogens with zero attached hydrogens (tertiary/aromatic N) is 3. The number of rotatable bonds is 2. The number of carbonyl (C=O) groups excluding carboxylic acids is 3. The smallest absolute Gasteiger partial charge is 0.252 e. The molecule has 0 aromatic rings. The van der Waals surface area contributed by atoms with Gasteiger partial charge in [0.05, 0.1) is 11.4 Å². The van der Waals surface area contributed by atoms with Crippen molar-refractivity contribution in [3.05, 3.63) is 0 Å². The fourth-order valence-corrected chi connectivity index (χ4v) is 2.50. The summed E-state index contributed by atoms with van der Waals surface area (Å²) in [5.74, 6) is -1.13. The summed E-state index contributed by atoms with van der Waals surface area (Å²) in [4.78, 5) is 45.0. The highest BCUT2D eigenvalue weighted by Gasteiger charge is 2.37. The first-order chi connectivity index (χ1) is 9.70. The van der Waals surface area contributed by atoms with Crippen LogP contribution >= 0.6 is 0 Å². The molecule has 21 heavy (non-hydrogen) atoms. The monoisotopic (exact) mass is 292 g/mol. The molecule has 2 heterocycles. The number of nitrogens with one attached hydrogen (secondary N) is 1. The van der Waals surface area contributed by atoms with Crippen molar-refractivity contribution < 1.29 is 14.4 Å². The van der Waals surface area contributed by atoms with Crippen LogP contribution in [0.2, 0.25) is 0 Å². The minimum absolute atomic E-state index is 0.169. The van der Waals surface area contributed by atoms with Gasteiger partial charge in [0.25, 0.3) is 5.91 Å². The highest BCUT2D eigenvalue weighted by Crippen LogP contribution is 2.22. The summed E-state index contributed by atoms with van der Waals surface area (Å²) in [5, 5.41) is 2.63. The molecule has 1 unspecified atom stereocenters. The molecule has 0 aromatic heterocycles. The van der Waals surface area contributed by atoms with E-state index in [2.05, 4.69) is 15.3 Å². The minimum atomic E-state index is -0.750. The lowest BCUT2D eigenvalue weighted by Crippen LogP contribution is -2.60. The van der Waals surface area contributed by atoms with Crippen LogP contribution < -0.4 is 5.32 Å². The second kappa shape index (κ2) is 5.38. The molecule has 2 aliphatic heterocycles. The Morgan fingerprint density at radius 2 is 2.00 bits per heavy atom. The van der Waals surface area contributed by atoms with Crippen molar-refractivity contribution >= 4 is 29.1 Å². The SMILES string of the molecule is CC(=O)N1CC(=O)NC(CC2=NCN=C2C(C)(C)C)C1=O. The van der Waals surface area contributed by atoms with E-state index in [1.165, 1.54) is 6.92 Å². The number of aliphatic imine (C=N–C) groups is 2. The van der Waals surface area contributed by atoms with Crippen molar-refractivity contribution in [3.63, 3.8) is 0 Å². The molecule has 7 heteroatoms. The predicted molar refractivity (Wildman–Crippen MR) is 78.1 cm³/mol. The topological polar surface area (TPSA) is 91.2 Å². The maximum absolute atomic E-state index is 12.3. The van der Waals surface area contributed by atoms with Gasteiger partial charge in [-0.15, -0.1) is 0 Å². The van der Waals surface area contributed by atoms with E-state index >= 15 is 0 Å². The van der Waals surface area contributed by atoms with E-state index in [1.54, 1.807) is 0 Å². The van der Waals surface area contributed by atoms with Gasteiger partial charge in [0.2, 0.25) is 11.8 Å². The molecule has 1 N–H and O–H groups in total. The lowest BCUT2D eigenvalue weighted by atomic mass is 9.85. The fraction of sp³-hybridized carbons (Fsp3) is 0.643. The highest BCUT2D eigenvalue weighted by atomic mass is 16.2. The summed E-state index contributed by atoms with van der Waals surface area (Å²) >= 11 is 0. The van der Waals surface area contributed by atoms with E-state index in [4.69, 9.17) is 0 Å². The highest BCUT2D eigenvalue weighted by molar-refractivity contribution is 6.45. The van der Waals surface area contributed by atoms with Gasteiger partial charge < -0.3 is 5.32 Å². The molecule has 1 atom stereocenters. The van der Waals surface area contributed by atoms with Crippen LogP contribution in [0.1, 0.15) is 34.1 Å². The molecule has 0 bridgehead atoms. The van der Waals surface area contributed by atoms with Gasteiger partial charge in [-0.05, 0) is 0 Å². The molecule has 0 spiro atoms. The second-order valence-electron chi connectivity index (χ2n) is 6.27. The van der Waals surface area contributed by atoms with Crippen LogP contribution in [0.5, 0.6) is 0 Å². The largest absolute Gasteiger partial charge is 0.342 e. The molecule has 1 saturated heterocycles. The van der Waals surface area contributed by atoms with E-state index in [1.807, 2.05) is 20.8 Å². The van der Waals surface area contributed by atoms with E-state index < -0.39 is 11.9 Å². The zero-order chi connectivity index (χ0) is 15.8. The Labute approximate surface area is 123 Å². The van der Waals surface area contributed by atoms with Crippen molar-refractivity contribution in [3.8, 4) is 0 Å². The van der Waals surface area contributed by atoms with Crippen molar-refractivity contribution in [2.24, 2.45) is 15.4 Å². The summed E-state index contributed by atoms with van der Waals surface area (Å²) < 4.78 is 0. The molecule has 2 rings (SSSR count). The minimum Gasteiger partial charge on any atom is -0.342 e. The van der Waals surface area contributed by atoms with Gasteiger partial charge in [-0.25, -0.2) is 0 Å². The van der Waals surface area contributed by atoms with Crippen LogP contribution in [0.3, 0.4) is 0 Å². The molecule has 7 nitrogen and oxygen atoms in total. The molecule has 0 saturated carbocycles. The number of imide groups is 1. The first-order valence-electron chi connectivity index (χ1n) is 6.90. The quantitative estimate of drug-likeness (QED) is 0.785. The predicted octanol–water partition coefficient (Wildman–Crippen LogP) is 0.149. The van der Waals surface area contributed by atoms with E-state index in [0.29, 0.717) is 6.67 Å². The van der Waals surface area contributed by atoms with Crippen molar-refractivity contribution in [2.45, 2.75) is 40.2 Å². The third kappa shape index (κ3) is 3.17. The van der Waals surface area contributed by atoms with Crippen molar-refractivity contribution in [2.75, 3.05) is 13.2 Å². The van der Waals surface area contributed by atoms with Crippen LogP contribution in [-0.2, 0) is 14.4 Å². The molecule has 0 aliphatic carbocycles. The van der Waals surface area contributed by atoms with Gasteiger partial charge in [0, 0.05) is 18.8 Å². The van der Waals surface area contributed by atoms with Crippen LogP contribution in [-0.4, -0.2) is 53.3 Å². The second-order valence-corrected chi connectivity index (χ2v) is 6.27. The number of amides is 3. The summed E-state index contributed by atoms with van der Waals surface area (Å²) in [5.41, 5.74) is 1.41. The number of piperazine rings is 1.